The molecule has 27 heavy (non-hydrogen) atoms. The van der Waals surface area contributed by atoms with Crippen LogP contribution in [0.25, 0.3) is 0 Å². The zero-order valence-electron chi connectivity index (χ0n) is 17.2. The van der Waals surface area contributed by atoms with Gasteiger partial charge in [0.05, 0.1) is 6.61 Å². The van der Waals surface area contributed by atoms with Gasteiger partial charge in [0.1, 0.15) is 6.10 Å². The van der Waals surface area contributed by atoms with E-state index in [0.717, 1.165) is 20.0 Å². The van der Waals surface area contributed by atoms with Crippen LogP contribution in [0.15, 0.2) is 0 Å². The van der Waals surface area contributed by atoms with E-state index in [1.54, 1.807) is 0 Å². The second-order valence-corrected chi connectivity index (χ2v) is 9.53. The highest BCUT2D eigenvalue weighted by atomic mass is 31.2. The summed E-state index contributed by atoms with van der Waals surface area (Å²) in [5, 5.41) is 15.4. The molecule has 0 aliphatic rings. The van der Waals surface area contributed by atoms with Crippen molar-refractivity contribution in [2.75, 3.05) is 26.8 Å². The Labute approximate surface area is 161 Å². The topological polar surface area (TPSA) is 134 Å². The largest absolute Gasteiger partial charge is 0.471 e. The van der Waals surface area contributed by atoms with E-state index in [1.165, 1.54) is 13.8 Å². The molecule has 9 nitrogen and oxygen atoms in total. The predicted octanol–water partition coefficient (Wildman–Crippen LogP) is 1.59. The lowest BCUT2D eigenvalue weighted by molar-refractivity contribution is -0.137. The zero-order valence-corrected chi connectivity index (χ0v) is 18.1. The molecule has 2 unspecified atom stereocenters. The van der Waals surface area contributed by atoms with Crippen molar-refractivity contribution < 1.29 is 33.2 Å². The van der Waals surface area contributed by atoms with Gasteiger partial charge in [-0.1, -0.05) is 41.0 Å². The van der Waals surface area contributed by atoms with Crippen LogP contribution in [-0.2, 0) is 23.2 Å². The third kappa shape index (κ3) is 10.8. The van der Waals surface area contributed by atoms with Crippen molar-refractivity contribution in [1.29, 1.82) is 0 Å². The van der Waals surface area contributed by atoms with E-state index < -0.39 is 25.2 Å². The molecule has 0 saturated heterocycles. The normalized spacial score (nSPS) is 15.7. The summed E-state index contributed by atoms with van der Waals surface area (Å²) >= 11 is 0. The van der Waals surface area contributed by atoms with Gasteiger partial charge in [-0.3, -0.25) is 18.6 Å². The van der Waals surface area contributed by atoms with Crippen LogP contribution in [0.3, 0.4) is 0 Å². The second kappa shape index (κ2) is 11.1. The van der Waals surface area contributed by atoms with Gasteiger partial charge in [0.15, 0.2) is 0 Å². The van der Waals surface area contributed by atoms with Crippen molar-refractivity contribution in [3.8, 4) is 0 Å². The Bertz CT molecular complexity index is 537. The first-order valence-electron chi connectivity index (χ1n) is 9.02. The number of amides is 2. The van der Waals surface area contributed by atoms with Crippen LogP contribution in [0.1, 0.15) is 53.9 Å². The second-order valence-electron chi connectivity index (χ2n) is 7.97. The standard InChI is InChI=1S/C17H35N2O7P/c1-7-16(2,3)9-11-18-13(20)8-10-19-15(22)14(21)17(4,5)12-26-27(23,24)25-6/h14,21H,7-12H2,1-6H3,(H,18,20)(H,19,22)(H,23,24). The molecule has 0 rings (SSSR count). The minimum absolute atomic E-state index is 0.0758. The molecule has 0 saturated carbocycles. The number of aliphatic hydroxyl groups excluding tert-OH is 1. The van der Waals surface area contributed by atoms with Gasteiger partial charge in [0.25, 0.3) is 0 Å². The fraction of sp³-hybridized carbons (Fsp3) is 0.882. The maximum absolute atomic E-state index is 12.0. The summed E-state index contributed by atoms with van der Waals surface area (Å²) in [7, 11) is -3.18. The highest BCUT2D eigenvalue weighted by Gasteiger charge is 2.36. The number of phosphoric ester groups is 1. The van der Waals surface area contributed by atoms with E-state index in [9.17, 15) is 24.2 Å². The number of hydrogen-bond acceptors (Lipinski definition) is 6. The third-order valence-corrected chi connectivity index (χ3v) is 5.47. The first kappa shape index (κ1) is 26.0. The molecule has 0 aromatic heterocycles. The summed E-state index contributed by atoms with van der Waals surface area (Å²) in [6, 6.07) is 0. The molecule has 0 aromatic carbocycles. The minimum Gasteiger partial charge on any atom is -0.383 e. The number of aliphatic hydroxyl groups is 1. The quantitative estimate of drug-likeness (QED) is 0.339. The van der Waals surface area contributed by atoms with Gasteiger partial charge in [-0.05, 0) is 11.8 Å². The lowest BCUT2D eigenvalue weighted by atomic mass is 9.86. The van der Waals surface area contributed by atoms with Gasteiger partial charge < -0.3 is 20.6 Å². The van der Waals surface area contributed by atoms with Crippen LogP contribution >= 0.6 is 7.82 Å². The number of phosphoric acid groups is 1. The van der Waals surface area contributed by atoms with Gasteiger partial charge in [-0.15, -0.1) is 0 Å². The molecular formula is C17H35N2O7P. The molecule has 0 aliphatic carbocycles. The van der Waals surface area contributed by atoms with Gasteiger partial charge in [0.2, 0.25) is 11.8 Å². The lowest BCUT2D eigenvalue weighted by Gasteiger charge is -2.29. The highest BCUT2D eigenvalue weighted by Crippen LogP contribution is 2.43. The highest BCUT2D eigenvalue weighted by molar-refractivity contribution is 7.47. The Kier molecular flexibility index (Phi) is 10.7. The number of hydrogen-bond donors (Lipinski definition) is 4. The molecule has 2 atom stereocenters. The van der Waals surface area contributed by atoms with Crippen LogP contribution < -0.4 is 10.6 Å². The van der Waals surface area contributed by atoms with Crippen molar-refractivity contribution in [3.63, 3.8) is 0 Å². The molecule has 2 amide bonds. The molecule has 4 N–H and O–H groups in total. The summed E-state index contributed by atoms with van der Waals surface area (Å²) in [5.41, 5.74) is -0.963. The maximum atomic E-state index is 12.0. The summed E-state index contributed by atoms with van der Waals surface area (Å²) in [6.45, 7) is 9.67. The first-order valence-corrected chi connectivity index (χ1v) is 10.5. The molecule has 0 aliphatic heterocycles. The molecule has 0 heterocycles. The van der Waals surface area contributed by atoms with Crippen molar-refractivity contribution in [3.05, 3.63) is 0 Å². The summed E-state index contributed by atoms with van der Waals surface area (Å²) in [6.07, 6.45) is 0.497. The van der Waals surface area contributed by atoms with E-state index in [4.69, 9.17) is 4.52 Å². The van der Waals surface area contributed by atoms with Crippen molar-refractivity contribution in [2.45, 2.75) is 60.0 Å². The van der Waals surface area contributed by atoms with E-state index >= 15 is 0 Å². The van der Waals surface area contributed by atoms with Crippen LogP contribution in [0.4, 0.5) is 0 Å². The molecule has 0 aromatic rings. The summed E-state index contributed by atoms with van der Waals surface area (Å²) in [5.74, 6) is -0.866. The molecular weight excluding hydrogens is 375 g/mol. The lowest BCUT2D eigenvalue weighted by Crippen LogP contribution is -2.46. The minimum atomic E-state index is -4.20. The van der Waals surface area contributed by atoms with E-state index in [1.807, 2.05) is 0 Å². The average molecular weight is 410 g/mol. The maximum Gasteiger partial charge on any atom is 0.471 e. The summed E-state index contributed by atoms with van der Waals surface area (Å²) < 4.78 is 20.3. The summed E-state index contributed by atoms with van der Waals surface area (Å²) in [4.78, 5) is 33.1. The van der Waals surface area contributed by atoms with Crippen molar-refractivity contribution in [2.24, 2.45) is 10.8 Å². The van der Waals surface area contributed by atoms with Crippen molar-refractivity contribution in [1.82, 2.24) is 10.6 Å². The first-order chi connectivity index (χ1) is 12.3. The Hall–Kier alpha value is -0.990. The SMILES string of the molecule is CCC(C)(C)CCNC(=O)CCNC(=O)C(O)C(C)(C)COP(=O)(O)OC. The Morgan fingerprint density at radius 3 is 2.26 bits per heavy atom. The molecule has 0 spiro atoms. The van der Waals surface area contributed by atoms with Crippen LogP contribution in [0.2, 0.25) is 0 Å². The Balaban J connectivity index is 4.25. The van der Waals surface area contributed by atoms with Gasteiger partial charge in [-0.2, -0.15) is 0 Å². The Morgan fingerprint density at radius 2 is 1.74 bits per heavy atom. The van der Waals surface area contributed by atoms with Crippen LogP contribution in [0, 0.1) is 10.8 Å². The van der Waals surface area contributed by atoms with Gasteiger partial charge in [-0.25, -0.2) is 4.57 Å². The van der Waals surface area contributed by atoms with E-state index in [-0.39, 0.29) is 30.9 Å². The van der Waals surface area contributed by atoms with Crippen LogP contribution in [0.5, 0.6) is 0 Å². The van der Waals surface area contributed by atoms with Gasteiger partial charge in [0, 0.05) is 32.0 Å². The number of nitrogens with one attached hydrogen (secondary N) is 2. The average Bonchev–Trinajstić information content (AvgIpc) is 2.59. The molecule has 0 bridgehead atoms. The Morgan fingerprint density at radius 1 is 1.15 bits per heavy atom. The fourth-order valence-corrected chi connectivity index (χ4v) is 2.54. The van der Waals surface area contributed by atoms with Crippen molar-refractivity contribution >= 4 is 19.6 Å². The fourth-order valence-electron chi connectivity index (χ4n) is 1.94. The third-order valence-electron chi connectivity index (χ3n) is 4.55. The van der Waals surface area contributed by atoms with E-state index in [2.05, 4.69) is 35.9 Å². The monoisotopic (exact) mass is 410 g/mol. The smallest absolute Gasteiger partial charge is 0.383 e. The molecule has 160 valence electrons. The zero-order chi connectivity index (χ0) is 21.3. The molecule has 10 heteroatoms. The molecule has 0 radical (unpaired) electrons. The predicted molar refractivity (Wildman–Crippen MR) is 102 cm³/mol. The van der Waals surface area contributed by atoms with Gasteiger partial charge >= 0.3 is 7.82 Å². The number of rotatable bonds is 13. The number of carbonyl (C=O) groups excluding carboxylic acids is 2. The molecule has 0 fully saturated rings. The van der Waals surface area contributed by atoms with Crippen LogP contribution in [-0.4, -0.2) is 54.7 Å². The van der Waals surface area contributed by atoms with E-state index in [0.29, 0.717) is 6.54 Å². The number of carbonyl (C=O) groups is 2.